The molecule has 0 aromatic carbocycles. The van der Waals surface area contributed by atoms with Gasteiger partial charge in [0.2, 0.25) is 0 Å². The molecule has 0 aromatic heterocycles. The van der Waals surface area contributed by atoms with Gasteiger partial charge in [-0.3, -0.25) is 0 Å². The Morgan fingerprint density at radius 2 is 1.62 bits per heavy atom. The molecule has 1 atom stereocenters. The zero-order chi connectivity index (χ0) is 12.6. The van der Waals surface area contributed by atoms with Gasteiger partial charge in [-0.15, -0.1) is 0 Å². The number of rotatable bonds is 3. The highest BCUT2D eigenvalue weighted by molar-refractivity contribution is 5.04. The van der Waals surface area contributed by atoms with Crippen LogP contribution in [0.3, 0.4) is 0 Å². The minimum absolute atomic E-state index is 0.313. The van der Waals surface area contributed by atoms with E-state index in [4.69, 9.17) is 5.73 Å². The molecule has 2 nitrogen and oxygen atoms in total. The van der Waals surface area contributed by atoms with Crippen LogP contribution >= 0.6 is 0 Å². The Balaban J connectivity index is 2.70. The molecule has 16 heavy (non-hydrogen) atoms. The first-order valence-electron chi connectivity index (χ1n) is 6.72. The lowest BCUT2D eigenvalue weighted by atomic mass is 9.64. The summed E-state index contributed by atoms with van der Waals surface area (Å²) < 4.78 is 0. The predicted molar refractivity (Wildman–Crippen MR) is 69.2 cm³/mol. The summed E-state index contributed by atoms with van der Waals surface area (Å²) in [6.45, 7) is 10.8. The van der Waals surface area contributed by atoms with Gasteiger partial charge in [0.05, 0.1) is 5.60 Å². The van der Waals surface area contributed by atoms with Crippen LogP contribution in [-0.2, 0) is 0 Å². The van der Waals surface area contributed by atoms with Crippen LogP contribution in [0, 0.1) is 17.8 Å². The second-order valence-electron chi connectivity index (χ2n) is 6.55. The van der Waals surface area contributed by atoms with Crippen molar-refractivity contribution in [1.82, 2.24) is 0 Å². The van der Waals surface area contributed by atoms with Gasteiger partial charge < -0.3 is 10.8 Å². The maximum atomic E-state index is 10.7. The van der Waals surface area contributed by atoms with Crippen molar-refractivity contribution in [3.8, 4) is 0 Å². The van der Waals surface area contributed by atoms with Crippen LogP contribution in [0.25, 0.3) is 0 Å². The number of hydrogen-bond donors (Lipinski definition) is 2. The summed E-state index contributed by atoms with van der Waals surface area (Å²) in [5.74, 6) is 1.81. The van der Waals surface area contributed by atoms with Crippen molar-refractivity contribution in [3.63, 3.8) is 0 Å². The van der Waals surface area contributed by atoms with Gasteiger partial charge in [0.25, 0.3) is 0 Å². The number of aliphatic hydroxyl groups is 1. The molecule has 1 aliphatic carbocycles. The summed E-state index contributed by atoms with van der Waals surface area (Å²) in [6, 6.07) is 0. The molecule has 0 aromatic rings. The van der Waals surface area contributed by atoms with E-state index in [0.29, 0.717) is 5.92 Å². The molecule has 2 heteroatoms. The van der Waals surface area contributed by atoms with Gasteiger partial charge in [-0.25, -0.2) is 0 Å². The second kappa shape index (κ2) is 4.66. The Bertz CT molecular complexity index is 225. The normalized spacial score (nSPS) is 35.4. The molecule has 0 saturated heterocycles. The van der Waals surface area contributed by atoms with Gasteiger partial charge in [0.1, 0.15) is 0 Å². The molecule has 1 saturated carbocycles. The van der Waals surface area contributed by atoms with Crippen LogP contribution in [0.15, 0.2) is 0 Å². The lowest BCUT2D eigenvalue weighted by Gasteiger charge is -2.49. The molecular formula is C14H29NO. The van der Waals surface area contributed by atoms with Gasteiger partial charge in [-0.1, -0.05) is 27.7 Å². The zero-order valence-corrected chi connectivity index (χ0v) is 11.6. The van der Waals surface area contributed by atoms with E-state index >= 15 is 0 Å². The molecule has 1 unspecified atom stereocenters. The molecule has 1 aliphatic rings. The third-order valence-corrected chi connectivity index (χ3v) is 5.00. The third kappa shape index (κ3) is 2.43. The van der Waals surface area contributed by atoms with E-state index < -0.39 is 11.1 Å². The molecule has 3 N–H and O–H groups in total. The van der Waals surface area contributed by atoms with Crippen molar-refractivity contribution in [3.05, 3.63) is 0 Å². The van der Waals surface area contributed by atoms with E-state index in [-0.39, 0.29) is 0 Å². The quantitative estimate of drug-likeness (QED) is 0.778. The van der Waals surface area contributed by atoms with E-state index in [1.54, 1.807) is 0 Å². The lowest BCUT2D eigenvalue weighted by Crippen LogP contribution is -2.63. The van der Waals surface area contributed by atoms with Gasteiger partial charge in [0.15, 0.2) is 0 Å². The molecule has 0 aliphatic heterocycles. The summed E-state index contributed by atoms with van der Waals surface area (Å²) in [6.07, 6.45) is 3.96. The van der Waals surface area contributed by atoms with Crippen LogP contribution in [-0.4, -0.2) is 16.2 Å². The molecule has 0 heterocycles. The highest BCUT2D eigenvalue weighted by Gasteiger charge is 2.47. The van der Waals surface area contributed by atoms with Crippen molar-refractivity contribution in [1.29, 1.82) is 0 Å². The SMILES string of the molecule is CC(C)C1CCC(O)(C(C)(N)C(C)C)CC1. The first-order chi connectivity index (χ1) is 7.21. The van der Waals surface area contributed by atoms with E-state index in [2.05, 4.69) is 27.7 Å². The van der Waals surface area contributed by atoms with Crippen LogP contribution in [0.4, 0.5) is 0 Å². The fourth-order valence-corrected chi connectivity index (χ4v) is 2.86. The first-order valence-corrected chi connectivity index (χ1v) is 6.72. The van der Waals surface area contributed by atoms with E-state index in [1.165, 1.54) is 0 Å². The second-order valence-corrected chi connectivity index (χ2v) is 6.55. The van der Waals surface area contributed by atoms with Crippen LogP contribution in [0.5, 0.6) is 0 Å². The van der Waals surface area contributed by atoms with Crippen molar-refractivity contribution in [2.45, 2.75) is 71.4 Å². The number of nitrogens with two attached hydrogens (primary N) is 1. The minimum Gasteiger partial charge on any atom is -0.388 e. The number of hydrogen-bond acceptors (Lipinski definition) is 2. The van der Waals surface area contributed by atoms with Crippen molar-refractivity contribution < 1.29 is 5.11 Å². The van der Waals surface area contributed by atoms with Crippen molar-refractivity contribution in [2.24, 2.45) is 23.5 Å². The predicted octanol–water partition coefficient (Wildman–Crippen LogP) is 2.94. The third-order valence-electron chi connectivity index (χ3n) is 5.00. The maximum Gasteiger partial charge on any atom is 0.0826 e. The van der Waals surface area contributed by atoms with Crippen molar-refractivity contribution >= 4 is 0 Å². The summed E-state index contributed by atoms with van der Waals surface area (Å²) in [7, 11) is 0. The standard InChI is InChI=1S/C14H29NO/c1-10(2)12-6-8-14(16,9-7-12)13(5,15)11(3)4/h10-12,16H,6-9,15H2,1-5H3. The maximum absolute atomic E-state index is 10.7. The monoisotopic (exact) mass is 227 g/mol. The average molecular weight is 227 g/mol. The van der Waals surface area contributed by atoms with Gasteiger partial charge in [-0.2, -0.15) is 0 Å². The molecule has 0 bridgehead atoms. The highest BCUT2D eigenvalue weighted by atomic mass is 16.3. The minimum atomic E-state index is -0.660. The fraction of sp³-hybridized carbons (Fsp3) is 1.00. The molecule has 0 radical (unpaired) electrons. The largest absolute Gasteiger partial charge is 0.388 e. The summed E-state index contributed by atoms with van der Waals surface area (Å²) in [5, 5.41) is 10.7. The topological polar surface area (TPSA) is 46.2 Å². The molecule has 1 fully saturated rings. The fourth-order valence-electron chi connectivity index (χ4n) is 2.86. The van der Waals surface area contributed by atoms with Gasteiger partial charge >= 0.3 is 0 Å². The molecular weight excluding hydrogens is 198 g/mol. The smallest absolute Gasteiger partial charge is 0.0826 e. The van der Waals surface area contributed by atoms with Crippen LogP contribution in [0.1, 0.15) is 60.3 Å². The van der Waals surface area contributed by atoms with E-state index in [9.17, 15) is 5.11 Å². The van der Waals surface area contributed by atoms with E-state index in [0.717, 1.165) is 37.5 Å². The summed E-state index contributed by atoms with van der Waals surface area (Å²) in [4.78, 5) is 0. The molecule has 96 valence electrons. The van der Waals surface area contributed by atoms with E-state index in [1.807, 2.05) is 6.92 Å². The zero-order valence-electron chi connectivity index (χ0n) is 11.6. The molecule has 0 amide bonds. The summed E-state index contributed by atoms with van der Waals surface area (Å²) in [5.41, 5.74) is 5.22. The van der Waals surface area contributed by atoms with Crippen LogP contribution < -0.4 is 5.73 Å². The lowest BCUT2D eigenvalue weighted by molar-refractivity contribution is -0.0864. The Morgan fingerprint density at radius 1 is 1.19 bits per heavy atom. The average Bonchev–Trinajstić information content (AvgIpc) is 2.17. The van der Waals surface area contributed by atoms with Crippen molar-refractivity contribution in [2.75, 3.05) is 0 Å². The summed E-state index contributed by atoms with van der Waals surface area (Å²) >= 11 is 0. The highest BCUT2D eigenvalue weighted by Crippen LogP contribution is 2.42. The Labute approximate surface area is 101 Å². The first kappa shape index (κ1) is 14.0. The molecule has 1 rings (SSSR count). The Hall–Kier alpha value is -0.0800. The molecule has 0 spiro atoms. The Kier molecular flexibility index (Phi) is 4.07. The van der Waals surface area contributed by atoms with Crippen LogP contribution in [0.2, 0.25) is 0 Å². The van der Waals surface area contributed by atoms with Gasteiger partial charge in [-0.05, 0) is 50.4 Å². The Morgan fingerprint density at radius 3 is 1.94 bits per heavy atom. The van der Waals surface area contributed by atoms with Gasteiger partial charge in [0, 0.05) is 5.54 Å².